The molecule has 1 aromatic heterocycles. The van der Waals surface area contributed by atoms with Crippen LogP contribution in [0.3, 0.4) is 0 Å². The van der Waals surface area contributed by atoms with E-state index < -0.39 is 0 Å². The van der Waals surface area contributed by atoms with Gasteiger partial charge in [-0.25, -0.2) is 0 Å². The Morgan fingerprint density at radius 2 is 2.20 bits per heavy atom. The summed E-state index contributed by atoms with van der Waals surface area (Å²) in [5.41, 5.74) is 8.97. The Bertz CT molecular complexity index is 582. The second-order valence-corrected chi connectivity index (χ2v) is 6.51. The maximum absolute atomic E-state index is 12.1. The molecule has 2 N–H and O–H groups in total. The van der Waals surface area contributed by atoms with Crippen molar-refractivity contribution in [3.05, 3.63) is 46.2 Å². The van der Waals surface area contributed by atoms with E-state index in [0.29, 0.717) is 12.3 Å². The molecule has 0 saturated carbocycles. The molecule has 0 bridgehead atoms. The summed E-state index contributed by atoms with van der Waals surface area (Å²) in [6.07, 6.45) is 0. The number of thiophene rings is 1. The number of hydrogen-bond donors (Lipinski definition) is 1. The summed E-state index contributed by atoms with van der Waals surface area (Å²) in [6, 6.07) is 7.92. The van der Waals surface area contributed by atoms with Crippen LogP contribution in [0.5, 0.6) is 0 Å². The van der Waals surface area contributed by atoms with E-state index in [9.17, 15) is 4.79 Å². The number of carbonyl (C=O) groups is 1. The molecule has 3 nitrogen and oxygen atoms in total. The molecule has 5 heteroatoms. The van der Waals surface area contributed by atoms with Crippen LogP contribution in [0.15, 0.2) is 39.9 Å². The monoisotopic (exact) mass is 306 g/mol. The predicted octanol–water partition coefficient (Wildman–Crippen LogP) is 3.39. The number of thioether (sulfide) groups is 1. The number of nitrogens with two attached hydrogens (primary N) is 1. The van der Waals surface area contributed by atoms with Gasteiger partial charge in [0.1, 0.15) is 0 Å². The molecule has 1 aromatic carbocycles. The number of aryl methyl sites for hydroxylation is 1. The highest BCUT2D eigenvalue weighted by molar-refractivity contribution is 8.00. The smallest absolute Gasteiger partial charge is 0.232 e. The van der Waals surface area contributed by atoms with Gasteiger partial charge < -0.3 is 10.6 Å². The highest BCUT2D eigenvalue weighted by atomic mass is 32.2. The summed E-state index contributed by atoms with van der Waals surface area (Å²) in [5.74, 6) is 0.524. The van der Waals surface area contributed by atoms with Gasteiger partial charge in [0.25, 0.3) is 0 Å². The van der Waals surface area contributed by atoms with Crippen LogP contribution in [0.25, 0.3) is 0 Å². The van der Waals surface area contributed by atoms with Crippen molar-refractivity contribution in [1.82, 2.24) is 4.90 Å². The Morgan fingerprint density at radius 3 is 2.90 bits per heavy atom. The molecule has 0 aliphatic heterocycles. The molecule has 0 aliphatic carbocycles. The molecule has 0 spiro atoms. The third-order valence-electron chi connectivity index (χ3n) is 2.95. The maximum Gasteiger partial charge on any atom is 0.232 e. The first-order valence-corrected chi connectivity index (χ1v) is 8.23. The third-order valence-corrected chi connectivity index (χ3v) is 4.73. The number of anilines is 1. The first kappa shape index (κ1) is 14.9. The van der Waals surface area contributed by atoms with Crippen LogP contribution in [-0.2, 0) is 11.3 Å². The predicted molar refractivity (Wildman–Crippen MR) is 87.1 cm³/mol. The molecular formula is C15H18N2OS2. The Morgan fingerprint density at radius 1 is 1.40 bits per heavy atom. The molecule has 0 unspecified atom stereocenters. The number of nitrogens with zero attached hydrogens (tertiary/aromatic N) is 1. The van der Waals surface area contributed by atoms with Crippen LogP contribution in [0.1, 0.15) is 11.1 Å². The molecule has 2 aromatic rings. The molecular weight excluding hydrogens is 288 g/mol. The highest BCUT2D eigenvalue weighted by Crippen LogP contribution is 2.26. The zero-order chi connectivity index (χ0) is 14.5. The number of benzene rings is 1. The lowest BCUT2D eigenvalue weighted by atomic mass is 10.2. The number of amides is 1. The Kier molecular flexibility index (Phi) is 5.09. The van der Waals surface area contributed by atoms with Crippen LogP contribution < -0.4 is 5.73 Å². The number of carbonyl (C=O) groups excluding carboxylic acids is 1. The zero-order valence-corrected chi connectivity index (χ0v) is 13.3. The van der Waals surface area contributed by atoms with Gasteiger partial charge in [-0.05, 0) is 47.0 Å². The molecule has 0 fully saturated rings. The molecule has 0 atom stereocenters. The summed E-state index contributed by atoms with van der Waals surface area (Å²) >= 11 is 3.14. The normalized spacial score (nSPS) is 10.5. The number of hydrogen-bond acceptors (Lipinski definition) is 4. The Labute approximate surface area is 127 Å². The molecule has 1 heterocycles. The Hall–Kier alpha value is -1.46. The first-order valence-electron chi connectivity index (χ1n) is 6.30. The summed E-state index contributed by atoms with van der Waals surface area (Å²) in [6.45, 7) is 2.68. The number of nitrogen functional groups attached to an aromatic ring is 1. The van der Waals surface area contributed by atoms with Gasteiger partial charge in [-0.1, -0.05) is 6.07 Å². The van der Waals surface area contributed by atoms with Crippen molar-refractivity contribution in [3.8, 4) is 0 Å². The average Bonchev–Trinajstić information content (AvgIpc) is 2.92. The van der Waals surface area contributed by atoms with E-state index in [-0.39, 0.29) is 5.91 Å². The van der Waals surface area contributed by atoms with Crippen LogP contribution in [0.4, 0.5) is 5.69 Å². The van der Waals surface area contributed by atoms with E-state index in [2.05, 4.69) is 5.38 Å². The van der Waals surface area contributed by atoms with Gasteiger partial charge in [0.15, 0.2) is 0 Å². The summed E-state index contributed by atoms with van der Waals surface area (Å²) in [5, 5.41) is 4.09. The standard InChI is InChI=1S/C15H18N2OS2/c1-11-3-4-13(16)14(7-11)20-10-15(18)17(2)8-12-5-6-19-9-12/h3-7,9H,8,10,16H2,1-2H3. The first-order chi connectivity index (χ1) is 9.56. The minimum Gasteiger partial charge on any atom is -0.398 e. The minimum atomic E-state index is 0.113. The van der Waals surface area contributed by atoms with Gasteiger partial charge in [-0.2, -0.15) is 11.3 Å². The zero-order valence-electron chi connectivity index (χ0n) is 11.6. The fourth-order valence-corrected chi connectivity index (χ4v) is 3.42. The van der Waals surface area contributed by atoms with Gasteiger partial charge in [-0.3, -0.25) is 4.79 Å². The molecule has 2 rings (SSSR count). The minimum absolute atomic E-state index is 0.113. The van der Waals surface area contributed by atoms with E-state index in [0.717, 1.165) is 16.1 Å². The van der Waals surface area contributed by atoms with E-state index in [4.69, 9.17) is 5.73 Å². The molecule has 0 saturated heterocycles. The van der Waals surface area contributed by atoms with Crippen molar-refractivity contribution in [2.75, 3.05) is 18.5 Å². The van der Waals surface area contributed by atoms with Gasteiger partial charge >= 0.3 is 0 Å². The number of rotatable bonds is 5. The molecule has 0 aliphatic rings. The summed E-state index contributed by atoms with van der Waals surface area (Å²) < 4.78 is 0. The molecule has 106 valence electrons. The SMILES string of the molecule is Cc1ccc(N)c(SCC(=O)N(C)Cc2ccsc2)c1. The van der Waals surface area contributed by atoms with Gasteiger partial charge in [0.05, 0.1) is 5.75 Å². The summed E-state index contributed by atoms with van der Waals surface area (Å²) in [7, 11) is 1.83. The van der Waals surface area contributed by atoms with Crippen molar-refractivity contribution >= 4 is 34.7 Å². The topological polar surface area (TPSA) is 46.3 Å². The van der Waals surface area contributed by atoms with Crippen molar-refractivity contribution < 1.29 is 4.79 Å². The van der Waals surface area contributed by atoms with E-state index >= 15 is 0 Å². The van der Waals surface area contributed by atoms with Gasteiger partial charge in [-0.15, -0.1) is 11.8 Å². The lowest BCUT2D eigenvalue weighted by molar-refractivity contribution is -0.127. The van der Waals surface area contributed by atoms with Gasteiger partial charge in [0, 0.05) is 24.2 Å². The highest BCUT2D eigenvalue weighted by Gasteiger charge is 2.11. The van der Waals surface area contributed by atoms with Crippen molar-refractivity contribution in [1.29, 1.82) is 0 Å². The lowest BCUT2D eigenvalue weighted by Crippen LogP contribution is -2.27. The molecule has 20 heavy (non-hydrogen) atoms. The second kappa shape index (κ2) is 6.81. The average molecular weight is 306 g/mol. The second-order valence-electron chi connectivity index (χ2n) is 4.71. The summed E-state index contributed by atoms with van der Waals surface area (Å²) in [4.78, 5) is 14.8. The fraction of sp³-hybridized carbons (Fsp3) is 0.267. The van der Waals surface area contributed by atoms with E-state index in [1.807, 2.05) is 43.6 Å². The van der Waals surface area contributed by atoms with E-state index in [1.165, 1.54) is 17.3 Å². The quantitative estimate of drug-likeness (QED) is 0.680. The molecule has 1 amide bonds. The van der Waals surface area contributed by atoms with Gasteiger partial charge in [0.2, 0.25) is 5.91 Å². The van der Waals surface area contributed by atoms with Crippen molar-refractivity contribution in [3.63, 3.8) is 0 Å². The van der Waals surface area contributed by atoms with Crippen molar-refractivity contribution in [2.45, 2.75) is 18.4 Å². The third kappa shape index (κ3) is 4.02. The largest absolute Gasteiger partial charge is 0.398 e. The van der Waals surface area contributed by atoms with E-state index in [1.54, 1.807) is 16.2 Å². The van der Waals surface area contributed by atoms with Crippen LogP contribution in [-0.4, -0.2) is 23.6 Å². The van der Waals surface area contributed by atoms with Crippen LogP contribution in [0.2, 0.25) is 0 Å². The van der Waals surface area contributed by atoms with Crippen LogP contribution in [0, 0.1) is 6.92 Å². The Balaban J connectivity index is 1.89. The lowest BCUT2D eigenvalue weighted by Gasteiger charge is -2.16. The van der Waals surface area contributed by atoms with Crippen LogP contribution >= 0.6 is 23.1 Å². The maximum atomic E-state index is 12.1. The fourth-order valence-electron chi connectivity index (χ4n) is 1.76. The van der Waals surface area contributed by atoms with Crippen molar-refractivity contribution in [2.24, 2.45) is 0 Å². The molecule has 0 radical (unpaired) electrons.